The van der Waals surface area contributed by atoms with Crippen LogP contribution in [0.3, 0.4) is 0 Å². The number of hydrogen-bond acceptors (Lipinski definition) is 4. The first kappa shape index (κ1) is 17.2. The maximum atomic E-state index is 11.6. The fourth-order valence-electron chi connectivity index (χ4n) is 2.55. The summed E-state index contributed by atoms with van der Waals surface area (Å²) in [6.45, 7) is 4.80. The minimum Gasteiger partial charge on any atom is -0.375 e. The summed E-state index contributed by atoms with van der Waals surface area (Å²) in [4.78, 5) is 11.6. The van der Waals surface area contributed by atoms with E-state index in [0.29, 0.717) is 13.2 Å². The molecule has 1 fully saturated rings. The first-order valence-electron chi connectivity index (χ1n) is 7.46. The minimum atomic E-state index is -0.118. The summed E-state index contributed by atoms with van der Waals surface area (Å²) >= 11 is 6.23. The van der Waals surface area contributed by atoms with Crippen molar-refractivity contribution in [1.82, 2.24) is 10.6 Å². The predicted octanol–water partition coefficient (Wildman–Crippen LogP) is 1.69. The van der Waals surface area contributed by atoms with E-state index >= 15 is 0 Å². The first-order valence-corrected chi connectivity index (χ1v) is 7.83. The highest BCUT2D eigenvalue weighted by Gasteiger charge is 2.26. The molecule has 1 aliphatic rings. The van der Waals surface area contributed by atoms with Gasteiger partial charge in [0.15, 0.2) is 0 Å². The highest BCUT2D eigenvalue weighted by molar-refractivity contribution is 6.31. The van der Waals surface area contributed by atoms with Gasteiger partial charge in [0.25, 0.3) is 0 Å². The van der Waals surface area contributed by atoms with Crippen LogP contribution < -0.4 is 10.6 Å². The van der Waals surface area contributed by atoms with Gasteiger partial charge in [-0.05, 0) is 24.1 Å². The SMILES string of the molecule is COCC(=O)NCC1CNCCOC1c1ccc(C)c(Cl)c1. The van der Waals surface area contributed by atoms with E-state index in [1.54, 1.807) is 0 Å². The molecular weight excluding hydrogens is 304 g/mol. The molecule has 0 radical (unpaired) electrons. The minimum absolute atomic E-state index is 0.0715. The third-order valence-electron chi connectivity index (χ3n) is 3.77. The number of methoxy groups -OCH3 is 1. The van der Waals surface area contributed by atoms with Crippen molar-refractivity contribution < 1.29 is 14.3 Å². The number of aryl methyl sites for hydroxylation is 1. The maximum absolute atomic E-state index is 11.6. The molecule has 122 valence electrons. The van der Waals surface area contributed by atoms with Crippen LogP contribution in [0.1, 0.15) is 17.2 Å². The lowest BCUT2D eigenvalue weighted by molar-refractivity contribution is -0.125. The van der Waals surface area contributed by atoms with Gasteiger partial charge >= 0.3 is 0 Å². The van der Waals surface area contributed by atoms with E-state index in [-0.39, 0.29) is 24.5 Å². The Morgan fingerprint density at radius 1 is 1.55 bits per heavy atom. The number of ether oxygens (including phenoxy) is 2. The zero-order valence-corrected chi connectivity index (χ0v) is 13.8. The molecule has 2 unspecified atom stereocenters. The molecule has 1 aromatic rings. The van der Waals surface area contributed by atoms with Crippen LogP contribution in [0.5, 0.6) is 0 Å². The molecule has 2 N–H and O–H groups in total. The highest BCUT2D eigenvalue weighted by Crippen LogP contribution is 2.30. The molecule has 0 bridgehead atoms. The summed E-state index contributed by atoms with van der Waals surface area (Å²) in [6.07, 6.45) is -0.0871. The Kier molecular flexibility index (Phi) is 6.64. The quantitative estimate of drug-likeness (QED) is 0.864. The molecule has 22 heavy (non-hydrogen) atoms. The van der Waals surface area contributed by atoms with Crippen molar-refractivity contribution in [2.45, 2.75) is 13.0 Å². The molecule has 5 nitrogen and oxygen atoms in total. The van der Waals surface area contributed by atoms with Crippen molar-refractivity contribution in [3.05, 3.63) is 34.3 Å². The third-order valence-corrected chi connectivity index (χ3v) is 4.18. The van der Waals surface area contributed by atoms with Gasteiger partial charge in [-0.15, -0.1) is 0 Å². The van der Waals surface area contributed by atoms with Crippen molar-refractivity contribution >= 4 is 17.5 Å². The van der Waals surface area contributed by atoms with E-state index in [4.69, 9.17) is 21.1 Å². The number of hydrogen-bond donors (Lipinski definition) is 2. The summed E-state index contributed by atoms with van der Waals surface area (Å²) in [5.74, 6) is 0.0227. The summed E-state index contributed by atoms with van der Waals surface area (Å²) in [5.41, 5.74) is 2.09. The summed E-state index contributed by atoms with van der Waals surface area (Å²) < 4.78 is 10.8. The fourth-order valence-corrected chi connectivity index (χ4v) is 2.74. The Balaban J connectivity index is 2.09. The monoisotopic (exact) mass is 326 g/mol. The zero-order chi connectivity index (χ0) is 15.9. The van der Waals surface area contributed by atoms with E-state index in [1.165, 1.54) is 7.11 Å². The van der Waals surface area contributed by atoms with Gasteiger partial charge in [-0.2, -0.15) is 0 Å². The van der Waals surface area contributed by atoms with Crippen LogP contribution in [0, 0.1) is 12.8 Å². The molecule has 1 saturated heterocycles. The second-order valence-corrected chi connectivity index (χ2v) is 5.91. The average molecular weight is 327 g/mol. The fraction of sp³-hybridized carbons (Fsp3) is 0.562. The summed E-state index contributed by atoms with van der Waals surface area (Å²) in [5, 5.41) is 6.96. The smallest absolute Gasteiger partial charge is 0.245 e. The molecule has 0 spiro atoms. The Bertz CT molecular complexity index is 510. The summed E-state index contributed by atoms with van der Waals surface area (Å²) in [7, 11) is 1.51. The molecule has 0 saturated carbocycles. The van der Waals surface area contributed by atoms with Crippen molar-refractivity contribution in [2.75, 3.05) is 40.0 Å². The Labute approximate surface area is 136 Å². The molecule has 6 heteroatoms. The Morgan fingerprint density at radius 2 is 2.36 bits per heavy atom. The molecule has 0 aromatic heterocycles. The van der Waals surface area contributed by atoms with Gasteiger partial charge in [-0.1, -0.05) is 23.7 Å². The summed E-state index contributed by atoms with van der Waals surface area (Å²) in [6, 6.07) is 6.00. The zero-order valence-electron chi connectivity index (χ0n) is 13.0. The first-order chi connectivity index (χ1) is 10.6. The molecule has 0 aliphatic carbocycles. The third kappa shape index (κ3) is 4.68. The molecule has 1 heterocycles. The number of carbonyl (C=O) groups excluding carboxylic acids is 1. The van der Waals surface area contributed by atoms with Crippen molar-refractivity contribution in [3.63, 3.8) is 0 Å². The number of rotatable bonds is 5. The van der Waals surface area contributed by atoms with E-state index < -0.39 is 0 Å². The topological polar surface area (TPSA) is 59.6 Å². The van der Waals surface area contributed by atoms with Crippen LogP contribution in [0.15, 0.2) is 18.2 Å². The van der Waals surface area contributed by atoms with Gasteiger partial charge in [0.1, 0.15) is 6.61 Å². The molecule has 2 atom stereocenters. The standard InChI is InChI=1S/C16H23ClN2O3/c1-11-3-4-12(7-14(11)17)16-13(8-18-5-6-22-16)9-19-15(20)10-21-2/h3-4,7,13,16,18H,5-6,8-10H2,1-2H3,(H,19,20). The predicted molar refractivity (Wildman–Crippen MR) is 86.1 cm³/mol. The molecule has 2 rings (SSSR count). The van der Waals surface area contributed by atoms with Crippen LogP contribution in [0.4, 0.5) is 0 Å². The molecule has 1 amide bonds. The van der Waals surface area contributed by atoms with Crippen LogP contribution in [0.2, 0.25) is 5.02 Å². The average Bonchev–Trinajstić information content (AvgIpc) is 2.74. The van der Waals surface area contributed by atoms with Crippen molar-refractivity contribution in [3.8, 4) is 0 Å². The van der Waals surface area contributed by atoms with Crippen LogP contribution in [-0.4, -0.2) is 45.9 Å². The van der Waals surface area contributed by atoms with Crippen molar-refractivity contribution in [2.24, 2.45) is 5.92 Å². The van der Waals surface area contributed by atoms with Crippen LogP contribution in [-0.2, 0) is 14.3 Å². The lowest BCUT2D eigenvalue weighted by atomic mass is 9.94. The van der Waals surface area contributed by atoms with Gasteiger partial charge in [0.2, 0.25) is 5.91 Å². The van der Waals surface area contributed by atoms with E-state index in [9.17, 15) is 4.79 Å². The lowest BCUT2D eigenvalue weighted by Gasteiger charge is -2.25. The van der Waals surface area contributed by atoms with Gasteiger partial charge in [-0.3, -0.25) is 4.79 Å². The largest absolute Gasteiger partial charge is 0.375 e. The second-order valence-electron chi connectivity index (χ2n) is 5.50. The molecule has 1 aromatic carbocycles. The van der Waals surface area contributed by atoms with E-state index in [0.717, 1.165) is 29.2 Å². The van der Waals surface area contributed by atoms with Gasteiger partial charge in [0.05, 0.1) is 12.7 Å². The van der Waals surface area contributed by atoms with Gasteiger partial charge in [-0.25, -0.2) is 0 Å². The van der Waals surface area contributed by atoms with Gasteiger partial charge in [0, 0.05) is 37.7 Å². The maximum Gasteiger partial charge on any atom is 0.245 e. The number of carbonyl (C=O) groups is 1. The van der Waals surface area contributed by atoms with E-state index in [1.807, 2.05) is 25.1 Å². The Morgan fingerprint density at radius 3 is 3.09 bits per heavy atom. The number of benzene rings is 1. The lowest BCUT2D eigenvalue weighted by Crippen LogP contribution is -2.37. The second kappa shape index (κ2) is 8.48. The molecule has 1 aliphatic heterocycles. The number of nitrogens with one attached hydrogen (secondary N) is 2. The molecular formula is C16H23ClN2O3. The van der Waals surface area contributed by atoms with Crippen LogP contribution in [0.25, 0.3) is 0 Å². The Hall–Kier alpha value is -1.14. The normalized spacial score (nSPS) is 22.1. The highest BCUT2D eigenvalue weighted by atomic mass is 35.5. The van der Waals surface area contributed by atoms with Gasteiger partial charge < -0.3 is 20.1 Å². The number of halogens is 1. The van der Waals surface area contributed by atoms with Crippen molar-refractivity contribution in [1.29, 1.82) is 0 Å². The van der Waals surface area contributed by atoms with E-state index in [2.05, 4.69) is 10.6 Å². The van der Waals surface area contributed by atoms with Crippen LogP contribution >= 0.6 is 11.6 Å². The number of amides is 1.